The van der Waals surface area contributed by atoms with Crippen LogP contribution in [0.5, 0.6) is 0 Å². The molecule has 11 heteroatoms. The number of carbonyl (C=O) groups is 1. The minimum Gasteiger partial charge on any atom is -0.481 e. The lowest BCUT2D eigenvalue weighted by molar-refractivity contribution is -0.152. The van der Waals surface area contributed by atoms with Crippen LogP contribution in [0.1, 0.15) is 25.1 Å². The normalized spacial score (nSPS) is 14.5. The van der Waals surface area contributed by atoms with E-state index in [-0.39, 0.29) is 17.4 Å². The number of nitrogens with one attached hydrogen (secondary N) is 1. The number of hydrogen-bond acceptors (Lipinski definition) is 7. The number of hydrogen-bond donors (Lipinski definition) is 4. The summed E-state index contributed by atoms with van der Waals surface area (Å²) < 4.78 is 1.17. The van der Waals surface area contributed by atoms with Crippen molar-refractivity contribution in [3.05, 3.63) is 46.5 Å². The van der Waals surface area contributed by atoms with Crippen molar-refractivity contribution < 1.29 is 20.1 Å². The van der Waals surface area contributed by atoms with Crippen LogP contribution < -0.4 is 5.32 Å². The number of imidazole rings is 1. The van der Waals surface area contributed by atoms with E-state index in [1.807, 2.05) is 12.1 Å². The Morgan fingerprint density at radius 2 is 2.03 bits per heavy atom. The SMILES string of the molecule is CCC(C(=O)O)[C@@H](O)[C@@H](O)n1cnc2c(NCc3cccc(Cl)c3)nc(Cl)nc21. The van der Waals surface area contributed by atoms with E-state index in [1.54, 1.807) is 19.1 Å². The van der Waals surface area contributed by atoms with Crippen LogP contribution >= 0.6 is 23.2 Å². The number of carboxylic acids is 1. The number of anilines is 1. The summed E-state index contributed by atoms with van der Waals surface area (Å²) in [5.74, 6) is -2.04. The summed E-state index contributed by atoms with van der Waals surface area (Å²) in [7, 11) is 0. The van der Waals surface area contributed by atoms with Gasteiger partial charge in [0.25, 0.3) is 0 Å². The van der Waals surface area contributed by atoms with Crippen LogP contribution in [0, 0.1) is 5.92 Å². The first-order valence-electron chi connectivity index (χ1n) is 8.79. The third-order valence-corrected chi connectivity index (χ3v) is 4.91. The topological polar surface area (TPSA) is 133 Å². The molecule has 0 fully saturated rings. The quantitative estimate of drug-likeness (QED) is 0.393. The van der Waals surface area contributed by atoms with Crippen molar-refractivity contribution >= 4 is 46.2 Å². The molecule has 3 atom stereocenters. The van der Waals surface area contributed by atoms with Crippen LogP contribution in [0.3, 0.4) is 0 Å². The summed E-state index contributed by atoms with van der Waals surface area (Å²) in [5, 5.41) is 33.7. The molecule has 0 saturated carbocycles. The molecule has 0 spiro atoms. The highest BCUT2D eigenvalue weighted by atomic mass is 35.5. The fourth-order valence-electron chi connectivity index (χ4n) is 2.97. The second kappa shape index (κ2) is 8.91. The predicted octanol–water partition coefficient (Wildman–Crippen LogP) is 2.71. The predicted molar refractivity (Wildman–Crippen MR) is 108 cm³/mol. The maximum atomic E-state index is 11.3. The number of benzene rings is 1. The first kappa shape index (κ1) is 21.3. The van der Waals surface area contributed by atoms with Crippen molar-refractivity contribution in [2.45, 2.75) is 32.2 Å². The molecule has 0 aliphatic rings. The van der Waals surface area contributed by atoms with E-state index in [1.165, 1.54) is 10.9 Å². The van der Waals surface area contributed by atoms with Gasteiger partial charge in [-0.15, -0.1) is 0 Å². The Morgan fingerprint density at radius 1 is 1.28 bits per heavy atom. The van der Waals surface area contributed by atoms with E-state index in [2.05, 4.69) is 20.3 Å². The Labute approximate surface area is 176 Å². The second-order valence-corrected chi connectivity index (χ2v) is 7.18. The van der Waals surface area contributed by atoms with Gasteiger partial charge in [-0.3, -0.25) is 9.36 Å². The number of halogens is 2. The van der Waals surface area contributed by atoms with Gasteiger partial charge in [-0.1, -0.05) is 30.7 Å². The van der Waals surface area contributed by atoms with Crippen molar-refractivity contribution in [1.82, 2.24) is 19.5 Å². The highest BCUT2D eigenvalue weighted by Gasteiger charge is 2.32. The van der Waals surface area contributed by atoms with Gasteiger partial charge in [0.1, 0.15) is 6.10 Å². The lowest BCUT2D eigenvalue weighted by Gasteiger charge is -2.24. The maximum Gasteiger partial charge on any atom is 0.309 e. The largest absolute Gasteiger partial charge is 0.481 e. The van der Waals surface area contributed by atoms with Crippen molar-refractivity contribution in [2.24, 2.45) is 5.92 Å². The summed E-state index contributed by atoms with van der Waals surface area (Å²) in [5.41, 5.74) is 1.37. The van der Waals surface area contributed by atoms with Gasteiger partial charge in [0, 0.05) is 11.6 Å². The Morgan fingerprint density at radius 3 is 2.69 bits per heavy atom. The summed E-state index contributed by atoms with van der Waals surface area (Å²) in [4.78, 5) is 23.7. The van der Waals surface area contributed by atoms with E-state index in [0.29, 0.717) is 22.9 Å². The number of rotatable bonds is 8. The fraction of sp³-hybridized carbons (Fsp3) is 0.333. The monoisotopic (exact) mass is 439 g/mol. The Bertz CT molecular complexity index is 1030. The Balaban J connectivity index is 1.91. The molecule has 0 aliphatic heterocycles. The first-order valence-corrected chi connectivity index (χ1v) is 9.54. The minimum atomic E-state index is -1.58. The van der Waals surface area contributed by atoms with Crippen LogP contribution in [0.15, 0.2) is 30.6 Å². The van der Waals surface area contributed by atoms with Crippen molar-refractivity contribution in [3.63, 3.8) is 0 Å². The Kier molecular flexibility index (Phi) is 6.53. The standard InChI is InChI=1S/C18H19Cl2N5O4/c1-2-11(17(28)29)13(26)16(27)25-8-22-12-14(23-18(20)24-15(12)25)21-7-9-4-3-5-10(19)6-9/h3-6,8,11,13,16,26-27H,2,7H2,1H3,(H,28,29)(H,21,23,24)/t11?,13-,16-/m1/s1. The molecule has 4 N–H and O–H groups in total. The third-order valence-electron chi connectivity index (χ3n) is 4.50. The van der Waals surface area contributed by atoms with Gasteiger partial charge in [0.15, 0.2) is 23.2 Å². The zero-order chi connectivity index (χ0) is 21.1. The molecule has 0 radical (unpaired) electrons. The number of aliphatic hydroxyl groups excluding tert-OH is 2. The molecule has 2 heterocycles. The van der Waals surface area contributed by atoms with E-state index in [0.717, 1.165) is 5.56 Å². The van der Waals surface area contributed by atoms with E-state index < -0.39 is 24.2 Å². The highest BCUT2D eigenvalue weighted by Crippen LogP contribution is 2.27. The van der Waals surface area contributed by atoms with Gasteiger partial charge in [-0.25, -0.2) is 4.98 Å². The van der Waals surface area contributed by atoms with Gasteiger partial charge < -0.3 is 20.6 Å². The molecular formula is C18H19Cl2N5O4. The molecule has 0 bridgehead atoms. The number of aliphatic hydroxyl groups is 2. The fourth-order valence-corrected chi connectivity index (χ4v) is 3.35. The average Bonchev–Trinajstić information content (AvgIpc) is 3.09. The molecule has 0 aliphatic carbocycles. The summed E-state index contributed by atoms with van der Waals surface area (Å²) in [6, 6.07) is 7.26. The zero-order valence-electron chi connectivity index (χ0n) is 15.3. The van der Waals surface area contributed by atoms with Crippen molar-refractivity contribution in [1.29, 1.82) is 0 Å². The molecule has 1 unspecified atom stereocenters. The van der Waals surface area contributed by atoms with E-state index in [4.69, 9.17) is 23.2 Å². The number of aliphatic carboxylic acids is 1. The molecule has 29 heavy (non-hydrogen) atoms. The van der Waals surface area contributed by atoms with Crippen molar-refractivity contribution in [2.75, 3.05) is 5.32 Å². The molecule has 3 rings (SSSR count). The molecule has 2 aromatic heterocycles. The minimum absolute atomic E-state index is 0.0974. The summed E-state index contributed by atoms with van der Waals surface area (Å²) in [6.45, 7) is 2.00. The first-order chi connectivity index (χ1) is 13.8. The van der Waals surface area contributed by atoms with Crippen LogP contribution in [-0.2, 0) is 11.3 Å². The Hall–Kier alpha value is -2.46. The van der Waals surface area contributed by atoms with Gasteiger partial charge in [0.05, 0.1) is 12.2 Å². The smallest absolute Gasteiger partial charge is 0.309 e. The van der Waals surface area contributed by atoms with Crippen LogP contribution in [-0.4, -0.2) is 46.9 Å². The summed E-state index contributed by atoms with van der Waals surface area (Å²) >= 11 is 12.0. The molecule has 3 aromatic rings. The van der Waals surface area contributed by atoms with Crippen LogP contribution in [0.25, 0.3) is 11.2 Å². The molecule has 1 aromatic carbocycles. The van der Waals surface area contributed by atoms with E-state index in [9.17, 15) is 20.1 Å². The number of aromatic nitrogens is 4. The molecule has 0 saturated heterocycles. The highest BCUT2D eigenvalue weighted by molar-refractivity contribution is 6.30. The molecule has 0 amide bonds. The van der Waals surface area contributed by atoms with E-state index >= 15 is 0 Å². The van der Waals surface area contributed by atoms with Crippen molar-refractivity contribution in [3.8, 4) is 0 Å². The lowest BCUT2D eigenvalue weighted by atomic mass is 9.98. The molecule has 154 valence electrons. The van der Waals surface area contributed by atoms with Gasteiger partial charge in [0.2, 0.25) is 5.28 Å². The third kappa shape index (κ3) is 4.59. The zero-order valence-corrected chi connectivity index (χ0v) is 16.8. The maximum absolute atomic E-state index is 11.3. The number of carboxylic acid groups (broad SMARTS) is 1. The average molecular weight is 440 g/mol. The van der Waals surface area contributed by atoms with Gasteiger partial charge >= 0.3 is 5.97 Å². The van der Waals surface area contributed by atoms with Gasteiger partial charge in [-0.2, -0.15) is 9.97 Å². The van der Waals surface area contributed by atoms with Gasteiger partial charge in [-0.05, 0) is 35.7 Å². The van der Waals surface area contributed by atoms with Crippen LogP contribution in [0.2, 0.25) is 10.3 Å². The number of fused-ring (bicyclic) bond motifs is 1. The molecule has 9 nitrogen and oxygen atoms in total. The lowest BCUT2D eigenvalue weighted by Crippen LogP contribution is -2.35. The summed E-state index contributed by atoms with van der Waals surface area (Å²) in [6.07, 6.45) is -1.75. The van der Waals surface area contributed by atoms with Crippen LogP contribution in [0.4, 0.5) is 5.82 Å². The molecular weight excluding hydrogens is 421 g/mol. The number of nitrogens with zero attached hydrogens (tertiary/aromatic N) is 4. The second-order valence-electron chi connectivity index (χ2n) is 6.41.